The van der Waals surface area contributed by atoms with Gasteiger partial charge in [-0.1, -0.05) is 32.0 Å². The number of hydrogen-bond acceptors (Lipinski definition) is 3. The third kappa shape index (κ3) is 3.84. The largest absolute Gasteiger partial charge is 0.298 e. The summed E-state index contributed by atoms with van der Waals surface area (Å²) in [4.78, 5) is 29.7. The number of carbonyl (C=O) groups is 2. The first-order chi connectivity index (χ1) is 11.9. The Kier molecular flexibility index (Phi) is 4.80. The van der Waals surface area contributed by atoms with E-state index in [0.717, 1.165) is 11.1 Å². The molecule has 1 aliphatic carbocycles. The van der Waals surface area contributed by atoms with Crippen LogP contribution in [0.5, 0.6) is 0 Å². The van der Waals surface area contributed by atoms with Gasteiger partial charge in [-0.05, 0) is 48.1 Å². The van der Waals surface area contributed by atoms with E-state index in [1.807, 2.05) is 12.1 Å². The molecule has 0 saturated heterocycles. The molecular weight excluding hydrogens is 317 g/mol. The first kappa shape index (κ1) is 17.5. The van der Waals surface area contributed by atoms with Crippen LogP contribution in [0.1, 0.15) is 49.4 Å². The fourth-order valence-corrected chi connectivity index (χ4v) is 3.01. The number of benzene rings is 1. The molecule has 1 aromatic carbocycles. The van der Waals surface area contributed by atoms with Crippen LogP contribution in [0.25, 0.3) is 0 Å². The van der Waals surface area contributed by atoms with Crippen molar-refractivity contribution in [1.82, 2.24) is 4.98 Å². The van der Waals surface area contributed by atoms with Crippen LogP contribution in [0.2, 0.25) is 0 Å². The van der Waals surface area contributed by atoms with Gasteiger partial charge in [-0.15, -0.1) is 0 Å². The van der Waals surface area contributed by atoms with Crippen molar-refractivity contribution < 1.29 is 14.0 Å². The molecule has 0 amide bonds. The summed E-state index contributed by atoms with van der Waals surface area (Å²) in [6, 6.07) is 9.72. The van der Waals surface area contributed by atoms with Gasteiger partial charge in [0.05, 0.1) is 5.41 Å². The summed E-state index contributed by atoms with van der Waals surface area (Å²) >= 11 is 0. The molecule has 0 atom stereocenters. The Balaban J connectivity index is 1.66. The van der Waals surface area contributed by atoms with Gasteiger partial charge in [0.1, 0.15) is 5.82 Å². The van der Waals surface area contributed by atoms with Gasteiger partial charge in [-0.2, -0.15) is 0 Å². The van der Waals surface area contributed by atoms with Crippen molar-refractivity contribution in [1.29, 1.82) is 0 Å². The van der Waals surface area contributed by atoms with Gasteiger partial charge >= 0.3 is 0 Å². The van der Waals surface area contributed by atoms with E-state index in [4.69, 9.17) is 0 Å². The van der Waals surface area contributed by atoms with Crippen molar-refractivity contribution in [2.75, 3.05) is 0 Å². The van der Waals surface area contributed by atoms with Crippen molar-refractivity contribution >= 4 is 11.6 Å². The van der Waals surface area contributed by atoms with Gasteiger partial charge in [0.15, 0.2) is 11.6 Å². The minimum atomic E-state index is -0.854. The van der Waals surface area contributed by atoms with E-state index < -0.39 is 5.41 Å². The molecule has 1 aromatic heterocycles. The zero-order valence-electron chi connectivity index (χ0n) is 14.6. The second kappa shape index (κ2) is 6.87. The maximum Gasteiger partial charge on any atom is 0.152 e. The van der Waals surface area contributed by atoms with E-state index >= 15 is 0 Å². The number of hydrogen-bond donors (Lipinski definition) is 0. The molecule has 1 saturated carbocycles. The predicted molar refractivity (Wildman–Crippen MR) is 93.8 cm³/mol. The summed E-state index contributed by atoms with van der Waals surface area (Å²) in [6.07, 6.45) is 3.37. The zero-order valence-corrected chi connectivity index (χ0v) is 14.6. The van der Waals surface area contributed by atoms with Crippen molar-refractivity contribution in [2.45, 2.75) is 45.4 Å². The molecule has 3 rings (SSSR count). The third-order valence-corrected chi connectivity index (χ3v) is 4.95. The van der Waals surface area contributed by atoms with Crippen LogP contribution >= 0.6 is 0 Å². The van der Waals surface area contributed by atoms with Crippen LogP contribution in [0, 0.1) is 11.2 Å². The van der Waals surface area contributed by atoms with Crippen LogP contribution in [-0.4, -0.2) is 16.6 Å². The van der Waals surface area contributed by atoms with Gasteiger partial charge in [0.25, 0.3) is 0 Å². The standard InChI is InChI=1S/C21H22FNO2/c1-14(2)16-5-8-18(23-13-16)12-20(25)21(9-10-21)19(24)11-15-3-6-17(22)7-4-15/h3-8,13-14H,9-12H2,1-2H3. The Morgan fingerprint density at radius 2 is 1.68 bits per heavy atom. The second-order valence-corrected chi connectivity index (χ2v) is 7.15. The highest BCUT2D eigenvalue weighted by atomic mass is 19.1. The average molecular weight is 339 g/mol. The normalized spacial score (nSPS) is 15.2. The Morgan fingerprint density at radius 1 is 1.04 bits per heavy atom. The number of Topliss-reactive ketones (excluding diaryl/α,β-unsaturated/α-hetero) is 2. The Bertz CT molecular complexity index is 775. The van der Waals surface area contributed by atoms with E-state index in [9.17, 15) is 14.0 Å². The monoisotopic (exact) mass is 339 g/mol. The van der Waals surface area contributed by atoms with Crippen LogP contribution in [0.3, 0.4) is 0 Å². The van der Waals surface area contributed by atoms with Crippen molar-refractivity contribution in [3.05, 3.63) is 65.2 Å². The number of pyridine rings is 1. The molecule has 0 radical (unpaired) electrons. The molecule has 0 N–H and O–H groups in total. The first-order valence-corrected chi connectivity index (χ1v) is 8.66. The lowest BCUT2D eigenvalue weighted by Crippen LogP contribution is -2.29. The number of ketones is 2. The van der Waals surface area contributed by atoms with E-state index in [2.05, 4.69) is 18.8 Å². The molecule has 1 fully saturated rings. The fraction of sp³-hybridized carbons (Fsp3) is 0.381. The average Bonchev–Trinajstić information content (AvgIpc) is 3.39. The Morgan fingerprint density at radius 3 is 2.20 bits per heavy atom. The van der Waals surface area contributed by atoms with Crippen molar-refractivity contribution in [3.8, 4) is 0 Å². The van der Waals surface area contributed by atoms with Crippen LogP contribution in [-0.2, 0) is 22.4 Å². The highest BCUT2D eigenvalue weighted by Gasteiger charge is 2.54. The van der Waals surface area contributed by atoms with Gasteiger partial charge in [0, 0.05) is 24.7 Å². The van der Waals surface area contributed by atoms with Crippen molar-refractivity contribution in [3.63, 3.8) is 0 Å². The Labute approximate surface area is 147 Å². The van der Waals surface area contributed by atoms with E-state index in [1.165, 1.54) is 12.1 Å². The molecule has 1 aliphatic rings. The molecule has 1 heterocycles. The van der Waals surface area contributed by atoms with E-state index in [-0.39, 0.29) is 30.2 Å². The van der Waals surface area contributed by atoms with Crippen molar-refractivity contribution in [2.24, 2.45) is 5.41 Å². The molecule has 0 unspecified atom stereocenters. The molecule has 0 bridgehead atoms. The van der Waals surface area contributed by atoms with Crippen LogP contribution < -0.4 is 0 Å². The first-order valence-electron chi connectivity index (χ1n) is 8.66. The second-order valence-electron chi connectivity index (χ2n) is 7.15. The molecule has 4 heteroatoms. The summed E-state index contributed by atoms with van der Waals surface area (Å²) < 4.78 is 13.0. The maximum absolute atomic E-state index is 13.0. The summed E-state index contributed by atoms with van der Waals surface area (Å²) in [6.45, 7) is 4.18. The third-order valence-electron chi connectivity index (χ3n) is 4.95. The molecule has 25 heavy (non-hydrogen) atoms. The quantitative estimate of drug-likeness (QED) is 0.715. The SMILES string of the molecule is CC(C)c1ccc(CC(=O)C2(C(=O)Cc3ccc(F)cc3)CC2)nc1. The summed E-state index contributed by atoms with van der Waals surface area (Å²) in [5.41, 5.74) is 1.72. The van der Waals surface area contributed by atoms with Gasteiger partial charge in [-0.3, -0.25) is 14.6 Å². The maximum atomic E-state index is 13.0. The number of halogens is 1. The van der Waals surface area contributed by atoms with Gasteiger partial charge < -0.3 is 0 Å². The Hall–Kier alpha value is -2.36. The molecule has 0 spiro atoms. The van der Waals surface area contributed by atoms with Crippen LogP contribution in [0.4, 0.5) is 4.39 Å². The molecule has 130 valence electrons. The number of rotatable bonds is 7. The predicted octanol–water partition coefficient (Wildman–Crippen LogP) is 4.05. The zero-order chi connectivity index (χ0) is 18.0. The highest BCUT2D eigenvalue weighted by molar-refractivity contribution is 6.10. The van der Waals surface area contributed by atoms with E-state index in [0.29, 0.717) is 24.5 Å². The van der Waals surface area contributed by atoms with Gasteiger partial charge in [0.2, 0.25) is 0 Å². The van der Waals surface area contributed by atoms with Crippen LogP contribution in [0.15, 0.2) is 42.6 Å². The minimum absolute atomic E-state index is 0.0515. The smallest absolute Gasteiger partial charge is 0.152 e. The number of aromatic nitrogens is 1. The number of carbonyl (C=O) groups excluding carboxylic acids is 2. The molecular formula is C21H22FNO2. The highest BCUT2D eigenvalue weighted by Crippen LogP contribution is 2.48. The fourth-order valence-electron chi connectivity index (χ4n) is 3.01. The topological polar surface area (TPSA) is 47.0 Å². The van der Waals surface area contributed by atoms with Gasteiger partial charge in [-0.25, -0.2) is 4.39 Å². The summed E-state index contributed by atoms with van der Waals surface area (Å²) in [5, 5.41) is 0. The van der Waals surface area contributed by atoms with E-state index in [1.54, 1.807) is 18.3 Å². The minimum Gasteiger partial charge on any atom is -0.298 e. The molecule has 3 nitrogen and oxygen atoms in total. The lowest BCUT2D eigenvalue weighted by Gasteiger charge is -2.13. The number of nitrogens with zero attached hydrogens (tertiary/aromatic N) is 1. The lowest BCUT2D eigenvalue weighted by molar-refractivity contribution is -0.133. The molecule has 2 aromatic rings. The molecule has 0 aliphatic heterocycles. The summed E-state index contributed by atoms with van der Waals surface area (Å²) in [7, 11) is 0. The lowest BCUT2D eigenvalue weighted by atomic mass is 9.88. The summed E-state index contributed by atoms with van der Waals surface area (Å²) in [5.74, 6) is -0.0547.